The largest absolute Gasteiger partial charge is 0.504 e. The Morgan fingerprint density at radius 1 is 0.926 bits per heavy atom. The Hall–Kier alpha value is -3.15. The van der Waals surface area contributed by atoms with Crippen molar-refractivity contribution in [3.8, 4) is 28.7 Å². The quantitative estimate of drug-likeness (QED) is 0.783. The normalized spacial score (nSPS) is 12.7. The molecule has 0 spiro atoms. The molecule has 1 N–H and O–H groups in total. The van der Waals surface area contributed by atoms with Gasteiger partial charge in [0, 0.05) is 16.7 Å². The molecule has 142 valence electrons. The molecule has 0 atom stereocenters. The molecule has 1 aliphatic rings. The molecule has 2 aromatic rings. The first-order valence-electron chi connectivity index (χ1n) is 8.49. The van der Waals surface area contributed by atoms with Crippen molar-refractivity contribution >= 4 is 11.4 Å². The molecule has 1 aliphatic carbocycles. The lowest BCUT2D eigenvalue weighted by Gasteiger charge is -2.20. The number of carbonyl (C=O) groups excluding carboxylic acids is 1. The number of fused-ring (bicyclic) bond motifs is 1. The number of Topliss-reactive ketones (excluding diaryl/α,β-unsaturated/α-hetero) is 1. The van der Waals surface area contributed by atoms with Crippen LogP contribution in [0.25, 0.3) is 5.57 Å². The number of methoxy groups -OCH3 is 4. The summed E-state index contributed by atoms with van der Waals surface area (Å²) in [7, 11) is 6.02. The molecule has 0 saturated carbocycles. The van der Waals surface area contributed by atoms with Crippen LogP contribution in [0.5, 0.6) is 28.7 Å². The fraction of sp³-hybridized carbons (Fsp3) is 0.286. The van der Waals surface area contributed by atoms with Crippen molar-refractivity contribution in [2.45, 2.75) is 12.8 Å². The zero-order valence-corrected chi connectivity index (χ0v) is 15.8. The summed E-state index contributed by atoms with van der Waals surface area (Å²) in [5, 5.41) is 10.4. The van der Waals surface area contributed by atoms with Crippen LogP contribution in [0.15, 0.2) is 30.3 Å². The molecule has 2 aromatic carbocycles. The SMILES string of the molecule is COc1ccc2c(c1O)CCC=C2C(=O)c1cc(OC)c(OC)c(OC)c1. The van der Waals surface area contributed by atoms with E-state index >= 15 is 0 Å². The van der Waals surface area contributed by atoms with E-state index in [1.54, 1.807) is 24.3 Å². The molecule has 0 radical (unpaired) electrons. The van der Waals surface area contributed by atoms with E-state index in [9.17, 15) is 9.90 Å². The lowest BCUT2D eigenvalue weighted by atomic mass is 9.86. The summed E-state index contributed by atoms with van der Waals surface area (Å²) in [5.41, 5.74) is 2.37. The van der Waals surface area contributed by atoms with E-state index < -0.39 is 0 Å². The van der Waals surface area contributed by atoms with Crippen LogP contribution in [-0.2, 0) is 6.42 Å². The number of aromatic hydroxyl groups is 1. The van der Waals surface area contributed by atoms with Crippen LogP contribution in [0.1, 0.15) is 27.9 Å². The monoisotopic (exact) mass is 370 g/mol. The Kier molecular flexibility index (Phi) is 5.26. The van der Waals surface area contributed by atoms with Gasteiger partial charge in [-0.3, -0.25) is 4.79 Å². The van der Waals surface area contributed by atoms with Crippen molar-refractivity contribution in [3.63, 3.8) is 0 Å². The fourth-order valence-electron chi connectivity index (χ4n) is 3.34. The first kappa shape index (κ1) is 18.6. The Morgan fingerprint density at radius 2 is 1.56 bits per heavy atom. The average molecular weight is 370 g/mol. The molecular weight excluding hydrogens is 348 g/mol. The van der Waals surface area contributed by atoms with Crippen LogP contribution in [0.3, 0.4) is 0 Å². The van der Waals surface area contributed by atoms with Gasteiger partial charge in [0.1, 0.15) is 0 Å². The third-order valence-electron chi connectivity index (χ3n) is 4.67. The van der Waals surface area contributed by atoms with Gasteiger partial charge in [0.25, 0.3) is 0 Å². The minimum Gasteiger partial charge on any atom is -0.504 e. The third kappa shape index (κ3) is 3.18. The Morgan fingerprint density at radius 3 is 2.11 bits per heavy atom. The lowest BCUT2D eigenvalue weighted by molar-refractivity contribution is 0.105. The predicted octanol–water partition coefficient (Wildman–Crippen LogP) is 3.64. The predicted molar refractivity (Wildman–Crippen MR) is 101 cm³/mol. The van der Waals surface area contributed by atoms with Crippen LogP contribution in [0.2, 0.25) is 0 Å². The summed E-state index contributed by atoms with van der Waals surface area (Å²) >= 11 is 0. The van der Waals surface area contributed by atoms with Gasteiger partial charge in [-0.25, -0.2) is 0 Å². The van der Waals surface area contributed by atoms with Crippen molar-refractivity contribution < 1.29 is 28.8 Å². The standard InChI is InChI=1S/C21H22O6/c1-24-16-9-8-13-14(6-5-7-15(13)20(16)23)19(22)12-10-17(25-2)21(27-4)18(11-12)26-3/h6,8-11,23H,5,7H2,1-4H3. The first-order valence-corrected chi connectivity index (χ1v) is 8.49. The van der Waals surface area contributed by atoms with E-state index in [1.165, 1.54) is 28.4 Å². The number of hydrogen-bond donors (Lipinski definition) is 1. The second-order valence-electron chi connectivity index (χ2n) is 6.04. The van der Waals surface area contributed by atoms with E-state index in [1.807, 2.05) is 6.08 Å². The maximum atomic E-state index is 13.2. The van der Waals surface area contributed by atoms with Crippen molar-refractivity contribution in [2.75, 3.05) is 28.4 Å². The highest BCUT2D eigenvalue weighted by molar-refractivity contribution is 6.29. The molecule has 0 amide bonds. The lowest BCUT2D eigenvalue weighted by Crippen LogP contribution is -2.10. The van der Waals surface area contributed by atoms with E-state index in [4.69, 9.17) is 18.9 Å². The summed E-state index contributed by atoms with van der Waals surface area (Å²) in [6, 6.07) is 6.72. The first-order chi connectivity index (χ1) is 13.0. The molecule has 6 heteroatoms. The number of carbonyl (C=O) groups is 1. The highest BCUT2D eigenvalue weighted by atomic mass is 16.5. The van der Waals surface area contributed by atoms with Gasteiger partial charge in [-0.2, -0.15) is 0 Å². The van der Waals surface area contributed by atoms with Crippen molar-refractivity contribution in [2.24, 2.45) is 0 Å². The van der Waals surface area contributed by atoms with Crippen LogP contribution in [0.4, 0.5) is 0 Å². The molecule has 0 unspecified atom stereocenters. The summed E-state index contributed by atoms with van der Waals surface area (Å²) < 4.78 is 21.2. The van der Waals surface area contributed by atoms with E-state index in [2.05, 4.69) is 0 Å². The molecule has 0 heterocycles. The molecule has 3 rings (SSSR count). The Balaban J connectivity index is 2.08. The Bertz CT molecular complexity index is 888. The number of rotatable bonds is 6. The maximum absolute atomic E-state index is 13.2. The van der Waals surface area contributed by atoms with Gasteiger partial charge in [-0.1, -0.05) is 12.1 Å². The molecule has 0 aromatic heterocycles. The van der Waals surface area contributed by atoms with Crippen molar-refractivity contribution in [3.05, 3.63) is 47.0 Å². The van der Waals surface area contributed by atoms with Gasteiger partial charge in [0.05, 0.1) is 28.4 Å². The fourth-order valence-corrected chi connectivity index (χ4v) is 3.34. The number of phenols is 1. The van der Waals surface area contributed by atoms with E-state index in [-0.39, 0.29) is 11.5 Å². The van der Waals surface area contributed by atoms with Crippen LogP contribution >= 0.6 is 0 Å². The maximum Gasteiger partial charge on any atom is 0.203 e. The topological polar surface area (TPSA) is 74.2 Å². The number of allylic oxidation sites excluding steroid dienone is 2. The number of ketones is 1. The number of hydrogen-bond acceptors (Lipinski definition) is 6. The average Bonchev–Trinajstić information content (AvgIpc) is 2.72. The molecule has 0 bridgehead atoms. The second kappa shape index (κ2) is 7.61. The minimum absolute atomic E-state index is 0.0818. The summed E-state index contributed by atoms with van der Waals surface area (Å²) in [5.74, 6) is 1.55. The zero-order valence-electron chi connectivity index (χ0n) is 15.8. The van der Waals surface area contributed by atoms with Gasteiger partial charge >= 0.3 is 0 Å². The van der Waals surface area contributed by atoms with Crippen LogP contribution in [0, 0.1) is 0 Å². The van der Waals surface area contributed by atoms with Gasteiger partial charge in [0.15, 0.2) is 28.8 Å². The molecule has 27 heavy (non-hydrogen) atoms. The van der Waals surface area contributed by atoms with Crippen molar-refractivity contribution in [1.29, 1.82) is 0 Å². The van der Waals surface area contributed by atoms with E-state index in [0.29, 0.717) is 58.1 Å². The zero-order chi connectivity index (χ0) is 19.6. The van der Waals surface area contributed by atoms with Gasteiger partial charge in [-0.05, 0) is 36.6 Å². The summed E-state index contributed by atoms with van der Waals surface area (Å²) in [6.45, 7) is 0. The highest BCUT2D eigenvalue weighted by Gasteiger charge is 2.25. The van der Waals surface area contributed by atoms with Crippen LogP contribution < -0.4 is 18.9 Å². The van der Waals surface area contributed by atoms with E-state index in [0.717, 1.165) is 0 Å². The number of benzene rings is 2. The molecular formula is C21H22O6. The van der Waals surface area contributed by atoms with Crippen LogP contribution in [-0.4, -0.2) is 39.3 Å². The number of ether oxygens (including phenoxy) is 4. The number of phenolic OH excluding ortho intramolecular Hbond substituents is 1. The van der Waals surface area contributed by atoms with Gasteiger partial charge < -0.3 is 24.1 Å². The Labute approximate surface area is 157 Å². The van der Waals surface area contributed by atoms with Gasteiger partial charge in [0.2, 0.25) is 5.75 Å². The molecule has 0 aliphatic heterocycles. The summed E-state index contributed by atoms with van der Waals surface area (Å²) in [6.07, 6.45) is 3.18. The third-order valence-corrected chi connectivity index (χ3v) is 4.67. The van der Waals surface area contributed by atoms with Crippen molar-refractivity contribution in [1.82, 2.24) is 0 Å². The molecule has 6 nitrogen and oxygen atoms in total. The smallest absolute Gasteiger partial charge is 0.203 e. The summed E-state index contributed by atoms with van der Waals surface area (Å²) in [4.78, 5) is 13.2. The second-order valence-corrected chi connectivity index (χ2v) is 6.04. The molecule has 0 fully saturated rings. The highest BCUT2D eigenvalue weighted by Crippen LogP contribution is 2.42. The van der Waals surface area contributed by atoms with Gasteiger partial charge in [-0.15, -0.1) is 0 Å². The minimum atomic E-state index is -0.181. The molecule has 0 saturated heterocycles.